The van der Waals surface area contributed by atoms with Gasteiger partial charge in [0, 0.05) is 0 Å². The number of carboxylic acid groups (broad SMARTS) is 1. The molecule has 2 aromatic carbocycles. The van der Waals surface area contributed by atoms with Gasteiger partial charge in [0.15, 0.2) is 0 Å². The molecule has 126 valence electrons. The largest absolute Gasteiger partial charge is 0.478 e. The Morgan fingerprint density at radius 1 is 1.04 bits per heavy atom. The highest BCUT2D eigenvalue weighted by molar-refractivity contribution is 5.78. The number of fused-ring (bicyclic) bond motifs is 1. The quantitative estimate of drug-likeness (QED) is 0.676. The molecule has 0 bridgehead atoms. The van der Waals surface area contributed by atoms with Gasteiger partial charge in [0.2, 0.25) is 5.95 Å². The number of carbonyl (C=O) groups is 1. The summed E-state index contributed by atoms with van der Waals surface area (Å²) in [5.74, 6) is -1.97. The topological polar surface area (TPSA) is 100 Å². The fourth-order valence-corrected chi connectivity index (χ4v) is 3.42. The summed E-state index contributed by atoms with van der Waals surface area (Å²) >= 11 is 0. The average molecular weight is 336 g/mol. The fraction of sp³-hybridized carbons (Fsp3) is 0.167. The van der Waals surface area contributed by atoms with Crippen LogP contribution in [0.3, 0.4) is 0 Å². The molecule has 2 heterocycles. The van der Waals surface area contributed by atoms with Crippen LogP contribution in [-0.4, -0.2) is 30.9 Å². The Balaban J connectivity index is 1.97. The summed E-state index contributed by atoms with van der Waals surface area (Å²) < 4.78 is 1.03. The molecule has 4 rings (SSSR count). The van der Waals surface area contributed by atoms with Crippen LogP contribution in [0, 0.1) is 0 Å². The number of benzene rings is 2. The highest BCUT2D eigenvalue weighted by atomic mass is 16.4. The van der Waals surface area contributed by atoms with Crippen molar-refractivity contribution in [2.75, 3.05) is 5.32 Å². The summed E-state index contributed by atoms with van der Waals surface area (Å²) in [4.78, 5) is 16.2. The van der Waals surface area contributed by atoms with Crippen LogP contribution in [0.1, 0.15) is 23.1 Å². The first-order chi connectivity index (χ1) is 12.1. The van der Waals surface area contributed by atoms with Crippen molar-refractivity contribution in [2.24, 2.45) is 0 Å². The molecule has 0 saturated heterocycles. The standard InChI is InChI=1S/C18H16N4O3/c23-16(24)18(25)14(12-7-3-1-4-8-12)15(13-9-5-2-6-10-13)21-17-19-11-20-22(17)18/h1-11,14-15,25H,(H,23,24)(H,19,20,21)/t14-,15-,18-/m1/s1. The Morgan fingerprint density at radius 3 is 2.24 bits per heavy atom. The highest BCUT2D eigenvalue weighted by Crippen LogP contribution is 2.47. The Labute approximate surface area is 143 Å². The van der Waals surface area contributed by atoms with E-state index in [4.69, 9.17) is 0 Å². The van der Waals surface area contributed by atoms with Gasteiger partial charge in [-0.2, -0.15) is 14.8 Å². The van der Waals surface area contributed by atoms with Crippen molar-refractivity contribution in [2.45, 2.75) is 17.7 Å². The summed E-state index contributed by atoms with van der Waals surface area (Å²) in [5.41, 5.74) is -0.723. The van der Waals surface area contributed by atoms with Gasteiger partial charge >= 0.3 is 5.97 Å². The lowest BCUT2D eigenvalue weighted by molar-refractivity contribution is -0.179. The summed E-state index contributed by atoms with van der Waals surface area (Å²) in [6, 6.07) is 18.0. The van der Waals surface area contributed by atoms with Crippen molar-refractivity contribution in [1.82, 2.24) is 14.8 Å². The van der Waals surface area contributed by atoms with Crippen LogP contribution in [0.25, 0.3) is 0 Å². The SMILES string of the molecule is O=C(O)[C@]1(O)[C@H](c2ccccc2)[C@@H](c2ccccc2)Nc2ncnn21. The molecule has 25 heavy (non-hydrogen) atoms. The molecule has 7 heteroatoms. The second-order valence-electron chi connectivity index (χ2n) is 5.95. The molecular formula is C18H16N4O3. The number of carboxylic acids is 1. The smallest absolute Gasteiger partial charge is 0.360 e. The Hall–Kier alpha value is -3.19. The van der Waals surface area contributed by atoms with E-state index >= 15 is 0 Å². The zero-order valence-electron chi connectivity index (χ0n) is 13.1. The van der Waals surface area contributed by atoms with Crippen LogP contribution in [0.5, 0.6) is 0 Å². The molecule has 3 atom stereocenters. The van der Waals surface area contributed by atoms with Gasteiger partial charge in [0.05, 0.1) is 12.0 Å². The Bertz CT molecular complexity index is 897. The third-order valence-corrected chi connectivity index (χ3v) is 4.55. The second kappa shape index (κ2) is 5.71. The van der Waals surface area contributed by atoms with Gasteiger partial charge in [-0.05, 0) is 11.1 Å². The van der Waals surface area contributed by atoms with Crippen LogP contribution in [0.2, 0.25) is 0 Å². The Kier molecular flexibility index (Phi) is 3.51. The first-order valence-electron chi connectivity index (χ1n) is 7.85. The third-order valence-electron chi connectivity index (χ3n) is 4.55. The van der Waals surface area contributed by atoms with Crippen molar-refractivity contribution in [3.8, 4) is 0 Å². The first kappa shape index (κ1) is 15.3. The molecule has 7 nitrogen and oxygen atoms in total. The molecule has 3 aromatic rings. The predicted molar refractivity (Wildman–Crippen MR) is 89.8 cm³/mol. The molecule has 0 radical (unpaired) electrons. The van der Waals surface area contributed by atoms with E-state index in [0.29, 0.717) is 5.56 Å². The van der Waals surface area contributed by atoms with E-state index in [0.717, 1.165) is 10.2 Å². The first-order valence-corrected chi connectivity index (χ1v) is 7.85. The lowest BCUT2D eigenvalue weighted by atomic mass is 9.78. The lowest BCUT2D eigenvalue weighted by Crippen LogP contribution is -2.54. The van der Waals surface area contributed by atoms with Gasteiger partial charge in [-0.15, -0.1) is 0 Å². The van der Waals surface area contributed by atoms with Crippen molar-refractivity contribution >= 4 is 11.9 Å². The molecule has 0 aliphatic carbocycles. The van der Waals surface area contributed by atoms with Gasteiger partial charge in [-0.25, -0.2) is 4.79 Å². The van der Waals surface area contributed by atoms with Crippen LogP contribution in [-0.2, 0) is 10.5 Å². The van der Waals surface area contributed by atoms with E-state index < -0.39 is 23.7 Å². The maximum Gasteiger partial charge on any atom is 0.360 e. The maximum absolute atomic E-state index is 12.1. The minimum Gasteiger partial charge on any atom is -0.478 e. The van der Waals surface area contributed by atoms with Crippen LogP contribution < -0.4 is 5.32 Å². The molecule has 1 aliphatic heterocycles. The van der Waals surface area contributed by atoms with E-state index in [-0.39, 0.29) is 5.95 Å². The Morgan fingerprint density at radius 2 is 1.64 bits per heavy atom. The van der Waals surface area contributed by atoms with Crippen molar-refractivity contribution in [3.05, 3.63) is 78.1 Å². The van der Waals surface area contributed by atoms with E-state index in [1.807, 2.05) is 48.5 Å². The zero-order chi connectivity index (χ0) is 17.4. The lowest BCUT2D eigenvalue weighted by Gasteiger charge is -2.42. The van der Waals surface area contributed by atoms with Crippen LogP contribution in [0.4, 0.5) is 5.95 Å². The number of aliphatic carboxylic acids is 1. The molecule has 0 amide bonds. The van der Waals surface area contributed by atoms with E-state index in [1.54, 1.807) is 12.1 Å². The number of nitrogens with zero attached hydrogens (tertiary/aromatic N) is 3. The van der Waals surface area contributed by atoms with Gasteiger partial charge in [-0.3, -0.25) is 0 Å². The number of aromatic nitrogens is 3. The molecule has 0 unspecified atom stereocenters. The molecule has 3 N–H and O–H groups in total. The maximum atomic E-state index is 12.1. The number of rotatable bonds is 3. The van der Waals surface area contributed by atoms with Crippen molar-refractivity contribution < 1.29 is 15.0 Å². The summed E-state index contributed by atoms with van der Waals surface area (Å²) in [6.45, 7) is 0. The summed E-state index contributed by atoms with van der Waals surface area (Å²) in [5, 5.41) is 28.3. The van der Waals surface area contributed by atoms with Crippen LogP contribution in [0.15, 0.2) is 67.0 Å². The normalized spacial score (nSPS) is 25.0. The monoisotopic (exact) mass is 336 g/mol. The van der Waals surface area contributed by atoms with Crippen molar-refractivity contribution in [1.29, 1.82) is 0 Å². The van der Waals surface area contributed by atoms with E-state index in [1.165, 1.54) is 6.33 Å². The van der Waals surface area contributed by atoms with Gasteiger partial charge in [0.25, 0.3) is 5.72 Å². The van der Waals surface area contributed by atoms with E-state index in [9.17, 15) is 15.0 Å². The average Bonchev–Trinajstić information content (AvgIpc) is 3.12. The number of hydrogen-bond acceptors (Lipinski definition) is 5. The fourth-order valence-electron chi connectivity index (χ4n) is 3.42. The van der Waals surface area contributed by atoms with Crippen molar-refractivity contribution in [3.63, 3.8) is 0 Å². The molecule has 0 saturated carbocycles. The minimum absolute atomic E-state index is 0.214. The molecule has 1 aromatic heterocycles. The number of anilines is 1. The summed E-state index contributed by atoms with van der Waals surface area (Å²) in [6.07, 6.45) is 1.23. The second-order valence-corrected chi connectivity index (χ2v) is 5.95. The zero-order valence-corrected chi connectivity index (χ0v) is 13.1. The number of hydrogen-bond donors (Lipinski definition) is 3. The molecule has 1 aliphatic rings. The predicted octanol–water partition coefficient (Wildman–Crippen LogP) is 1.96. The molecule has 0 spiro atoms. The number of nitrogens with one attached hydrogen (secondary N) is 1. The third kappa shape index (κ3) is 2.28. The number of aliphatic hydroxyl groups is 1. The summed E-state index contributed by atoms with van der Waals surface area (Å²) in [7, 11) is 0. The molecule has 0 fully saturated rings. The minimum atomic E-state index is -2.26. The van der Waals surface area contributed by atoms with Gasteiger partial charge in [-0.1, -0.05) is 60.7 Å². The van der Waals surface area contributed by atoms with Crippen LogP contribution >= 0.6 is 0 Å². The van der Waals surface area contributed by atoms with E-state index in [2.05, 4.69) is 15.4 Å². The molecular weight excluding hydrogens is 320 g/mol. The van der Waals surface area contributed by atoms with Gasteiger partial charge in [0.1, 0.15) is 6.33 Å². The highest BCUT2D eigenvalue weighted by Gasteiger charge is 2.56. The van der Waals surface area contributed by atoms with Gasteiger partial charge < -0.3 is 15.5 Å².